The number of benzene rings is 2. The average molecular weight is 355 g/mol. The molecule has 0 saturated carbocycles. The summed E-state index contributed by atoms with van der Waals surface area (Å²) in [4.78, 5) is 14.2. The van der Waals surface area contributed by atoms with Crippen molar-refractivity contribution in [3.63, 3.8) is 0 Å². The highest BCUT2D eigenvalue weighted by Gasteiger charge is 2.23. The summed E-state index contributed by atoms with van der Waals surface area (Å²) in [5.74, 6) is 0.205. The molecule has 2 aromatic rings. The van der Waals surface area contributed by atoms with Crippen LogP contribution in [0.5, 0.6) is 0 Å². The first-order valence-electron chi connectivity index (χ1n) is 9.18. The van der Waals surface area contributed by atoms with Gasteiger partial charge < -0.3 is 15.5 Å². The van der Waals surface area contributed by atoms with Crippen LogP contribution in [0.1, 0.15) is 17.5 Å². The van der Waals surface area contributed by atoms with Gasteiger partial charge in [-0.3, -0.25) is 0 Å². The van der Waals surface area contributed by atoms with Crippen LogP contribution in [-0.4, -0.2) is 32.2 Å². The molecule has 2 N–H and O–H groups in total. The predicted octanol–water partition coefficient (Wildman–Crippen LogP) is 3.50. The maximum Gasteiger partial charge on any atom is 0.314 e. The third kappa shape index (κ3) is 5.22. The van der Waals surface area contributed by atoms with Crippen LogP contribution in [-0.2, 0) is 6.42 Å². The molecule has 2 aromatic carbocycles. The fraction of sp³-hybridized carbons (Fsp3) is 0.381. The fourth-order valence-electron chi connectivity index (χ4n) is 3.37. The van der Waals surface area contributed by atoms with E-state index in [0.29, 0.717) is 19.0 Å². The number of amides is 2. The zero-order chi connectivity index (χ0) is 18.4. The van der Waals surface area contributed by atoms with Crippen molar-refractivity contribution in [2.45, 2.75) is 19.8 Å². The zero-order valence-electron chi connectivity index (χ0n) is 15.2. The monoisotopic (exact) mass is 355 g/mol. The summed E-state index contributed by atoms with van der Waals surface area (Å²) in [6.45, 7) is 5.18. The molecule has 0 bridgehead atoms. The number of hydrogen-bond donors (Lipinski definition) is 2. The molecule has 138 valence electrons. The minimum atomic E-state index is -0.214. The fourth-order valence-corrected chi connectivity index (χ4v) is 3.37. The molecule has 1 unspecified atom stereocenters. The van der Waals surface area contributed by atoms with Crippen LogP contribution < -0.4 is 15.5 Å². The first-order valence-corrected chi connectivity index (χ1v) is 9.18. The van der Waals surface area contributed by atoms with Gasteiger partial charge in [0.2, 0.25) is 0 Å². The Morgan fingerprint density at radius 3 is 2.77 bits per heavy atom. The van der Waals surface area contributed by atoms with E-state index in [2.05, 4.69) is 40.7 Å². The standard InChI is InChI=1S/C21H26FN3O/c1-16-3-2-4-17(13-16)9-11-23-21(26)24-14-18-10-12-25(15-18)20-7-5-19(22)6-8-20/h2-8,13,18H,9-12,14-15H2,1H3,(H2,23,24,26). The van der Waals surface area contributed by atoms with E-state index >= 15 is 0 Å². The molecule has 1 saturated heterocycles. The summed E-state index contributed by atoms with van der Waals surface area (Å²) in [5, 5.41) is 5.89. The molecule has 0 radical (unpaired) electrons. The summed E-state index contributed by atoms with van der Waals surface area (Å²) < 4.78 is 13.0. The number of nitrogens with zero attached hydrogens (tertiary/aromatic N) is 1. The highest BCUT2D eigenvalue weighted by molar-refractivity contribution is 5.73. The van der Waals surface area contributed by atoms with E-state index in [0.717, 1.165) is 31.6 Å². The van der Waals surface area contributed by atoms with E-state index in [1.165, 1.54) is 23.3 Å². The van der Waals surface area contributed by atoms with Gasteiger partial charge in [-0.2, -0.15) is 0 Å². The first kappa shape index (κ1) is 18.2. The van der Waals surface area contributed by atoms with Crippen molar-refractivity contribution in [2.24, 2.45) is 5.92 Å². The number of aryl methyl sites for hydroxylation is 1. The van der Waals surface area contributed by atoms with Crippen molar-refractivity contribution in [3.8, 4) is 0 Å². The third-order valence-corrected chi connectivity index (χ3v) is 4.81. The lowest BCUT2D eigenvalue weighted by Crippen LogP contribution is -2.39. The number of rotatable bonds is 6. The third-order valence-electron chi connectivity index (χ3n) is 4.81. The first-order chi connectivity index (χ1) is 12.6. The molecular weight excluding hydrogens is 329 g/mol. The highest BCUT2D eigenvalue weighted by Crippen LogP contribution is 2.23. The SMILES string of the molecule is Cc1cccc(CCNC(=O)NCC2CCN(c3ccc(F)cc3)C2)c1. The van der Waals surface area contributed by atoms with Crippen molar-refractivity contribution in [3.05, 3.63) is 65.5 Å². The molecule has 1 aliphatic rings. The molecule has 5 heteroatoms. The summed E-state index contributed by atoms with van der Waals surface area (Å²) in [7, 11) is 0. The number of nitrogens with one attached hydrogen (secondary N) is 2. The number of urea groups is 1. The van der Waals surface area contributed by atoms with Gasteiger partial charge >= 0.3 is 6.03 Å². The molecule has 1 atom stereocenters. The molecule has 1 heterocycles. The Labute approximate surface area is 154 Å². The normalized spacial score (nSPS) is 16.5. The van der Waals surface area contributed by atoms with Crippen LogP contribution in [0, 0.1) is 18.7 Å². The largest absolute Gasteiger partial charge is 0.371 e. The molecule has 1 aliphatic heterocycles. The minimum Gasteiger partial charge on any atom is -0.371 e. The molecule has 0 aliphatic carbocycles. The maximum absolute atomic E-state index is 13.0. The smallest absolute Gasteiger partial charge is 0.314 e. The number of halogens is 1. The molecule has 0 aromatic heterocycles. The maximum atomic E-state index is 13.0. The molecule has 26 heavy (non-hydrogen) atoms. The lowest BCUT2D eigenvalue weighted by molar-refractivity contribution is 0.239. The van der Waals surface area contributed by atoms with Crippen molar-refractivity contribution in [1.82, 2.24) is 10.6 Å². The molecule has 2 amide bonds. The molecule has 3 rings (SSSR count). The topological polar surface area (TPSA) is 44.4 Å². The predicted molar refractivity (Wildman–Crippen MR) is 103 cm³/mol. The van der Waals surface area contributed by atoms with Gasteiger partial charge in [0.1, 0.15) is 5.82 Å². The summed E-state index contributed by atoms with van der Waals surface area (Å²) in [6.07, 6.45) is 1.86. The van der Waals surface area contributed by atoms with Crippen LogP contribution >= 0.6 is 0 Å². The van der Waals surface area contributed by atoms with E-state index in [-0.39, 0.29) is 11.8 Å². The second kappa shape index (κ2) is 8.70. The van der Waals surface area contributed by atoms with Crippen molar-refractivity contribution in [2.75, 3.05) is 31.1 Å². The van der Waals surface area contributed by atoms with Gasteiger partial charge in [-0.25, -0.2) is 9.18 Å². The Balaban J connectivity index is 1.35. The Bertz CT molecular complexity index is 732. The van der Waals surface area contributed by atoms with E-state index in [1.807, 2.05) is 18.2 Å². The lowest BCUT2D eigenvalue weighted by atomic mass is 10.1. The number of hydrogen-bond acceptors (Lipinski definition) is 2. The quantitative estimate of drug-likeness (QED) is 0.833. The van der Waals surface area contributed by atoms with Crippen LogP contribution in [0.25, 0.3) is 0 Å². The molecule has 0 spiro atoms. The van der Waals surface area contributed by atoms with Crippen molar-refractivity contribution in [1.29, 1.82) is 0 Å². The van der Waals surface area contributed by atoms with Gasteiger partial charge in [-0.1, -0.05) is 29.8 Å². The van der Waals surface area contributed by atoms with Gasteiger partial charge in [0.25, 0.3) is 0 Å². The average Bonchev–Trinajstić information content (AvgIpc) is 3.10. The second-order valence-electron chi connectivity index (χ2n) is 6.95. The zero-order valence-corrected chi connectivity index (χ0v) is 15.2. The van der Waals surface area contributed by atoms with Gasteiger partial charge in [-0.15, -0.1) is 0 Å². The van der Waals surface area contributed by atoms with Crippen molar-refractivity contribution >= 4 is 11.7 Å². The Hall–Kier alpha value is -2.56. The molecular formula is C21H26FN3O. The van der Waals surface area contributed by atoms with E-state index in [1.54, 1.807) is 0 Å². The van der Waals surface area contributed by atoms with E-state index in [4.69, 9.17) is 0 Å². The second-order valence-corrected chi connectivity index (χ2v) is 6.95. The van der Waals surface area contributed by atoms with Gasteiger partial charge in [0, 0.05) is 31.9 Å². The number of carbonyl (C=O) groups is 1. The highest BCUT2D eigenvalue weighted by atomic mass is 19.1. The van der Waals surface area contributed by atoms with E-state index < -0.39 is 0 Å². The van der Waals surface area contributed by atoms with Crippen LogP contribution in [0.15, 0.2) is 48.5 Å². The Kier molecular flexibility index (Phi) is 6.10. The van der Waals surface area contributed by atoms with Crippen LogP contribution in [0.2, 0.25) is 0 Å². The Morgan fingerprint density at radius 2 is 2.00 bits per heavy atom. The summed E-state index contributed by atoms with van der Waals surface area (Å²) >= 11 is 0. The summed E-state index contributed by atoms with van der Waals surface area (Å²) in [6, 6.07) is 14.8. The summed E-state index contributed by atoms with van der Waals surface area (Å²) in [5.41, 5.74) is 3.51. The van der Waals surface area contributed by atoms with Gasteiger partial charge in [0.15, 0.2) is 0 Å². The van der Waals surface area contributed by atoms with Crippen LogP contribution in [0.4, 0.5) is 14.9 Å². The molecule has 1 fully saturated rings. The minimum absolute atomic E-state index is 0.113. The number of carbonyl (C=O) groups excluding carboxylic acids is 1. The van der Waals surface area contributed by atoms with Gasteiger partial charge in [-0.05, 0) is 55.5 Å². The Morgan fingerprint density at radius 1 is 1.19 bits per heavy atom. The lowest BCUT2D eigenvalue weighted by Gasteiger charge is -2.19. The molecule has 4 nitrogen and oxygen atoms in total. The van der Waals surface area contributed by atoms with Gasteiger partial charge in [0.05, 0.1) is 0 Å². The van der Waals surface area contributed by atoms with Crippen molar-refractivity contribution < 1.29 is 9.18 Å². The van der Waals surface area contributed by atoms with Crippen LogP contribution in [0.3, 0.4) is 0 Å². The van der Waals surface area contributed by atoms with E-state index in [9.17, 15) is 9.18 Å². The number of anilines is 1.